The lowest BCUT2D eigenvalue weighted by molar-refractivity contribution is -0.143. The van der Waals surface area contributed by atoms with Crippen LogP contribution in [0, 0.1) is 5.41 Å². The van der Waals surface area contributed by atoms with Crippen molar-refractivity contribution in [1.29, 1.82) is 5.41 Å². The maximum Gasteiger partial charge on any atom is 0.240 e. The molecular weight excluding hydrogens is 450 g/mol. The van der Waals surface area contributed by atoms with E-state index in [-0.39, 0.29) is 17.9 Å². The highest BCUT2D eigenvalue weighted by Crippen LogP contribution is 2.34. The first kappa shape index (κ1) is 26.5. The molecule has 7 nitrogen and oxygen atoms in total. The molecule has 0 aliphatic rings. The van der Waals surface area contributed by atoms with Crippen LogP contribution >= 0.6 is 0 Å². The number of nitrogens with one attached hydrogen (secondary N) is 2. The van der Waals surface area contributed by atoms with Gasteiger partial charge in [-0.15, -0.1) is 0 Å². The second-order valence-electron chi connectivity index (χ2n) is 8.74. The van der Waals surface area contributed by atoms with E-state index in [1.807, 2.05) is 97.9 Å². The maximum absolute atomic E-state index is 14.6. The summed E-state index contributed by atoms with van der Waals surface area (Å²) in [5.41, 5.74) is 14.0. The van der Waals surface area contributed by atoms with Gasteiger partial charge in [-0.25, -0.2) is 0 Å². The fourth-order valence-electron chi connectivity index (χ4n) is 4.65. The van der Waals surface area contributed by atoms with Gasteiger partial charge in [-0.1, -0.05) is 97.9 Å². The Bertz CT molecular complexity index is 1080. The smallest absolute Gasteiger partial charge is 0.240 e. The van der Waals surface area contributed by atoms with Crippen molar-refractivity contribution in [2.24, 2.45) is 11.5 Å². The molecule has 0 radical (unpaired) electrons. The third kappa shape index (κ3) is 6.72. The van der Waals surface area contributed by atoms with E-state index in [1.54, 1.807) is 4.90 Å². The second-order valence-corrected chi connectivity index (χ2v) is 8.74. The molecule has 0 aromatic heterocycles. The number of nitrogens with two attached hydrogens (primary N) is 2. The lowest BCUT2D eigenvalue weighted by Gasteiger charge is -2.39. The molecule has 0 heterocycles. The fourth-order valence-corrected chi connectivity index (χ4v) is 4.65. The monoisotopic (exact) mass is 485 g/mol. The van der Waals surface area contributed by atoms with Crippen LogP contribution in [0.15, 0.2) is 91.0 Å². The lowest BCUT2D eigenvalue weighted by Crippen LogP contribution is -2.51. The van der Waals surface area contributed by atoms with E-state index >= 15 is 0 Å². The van der Waals surface area contributed by atoms with Crippen LogP contribution in [0.1, 0.15) is 54.8 Å². The van der Waals surface area contributed by atoms with Crippen LogP contribution in [-0.4, -0.2) is 35.3 Å². The lowest BCUT2D eigenvalue weighted by atomic mass is 9.87. The highest BCUT2D eigenvalue weighted by Gasteiger charge is 2.38. The number of carbonyl (C=O) groups is 2. The van der Waals surface area contributed by atoms with Gasteiger partial charge in [0.2, 0.25) is 11.8 Å². The summed E-state index contributed by atoms with van der Waals surface area (Å²) >= 11 is 0. The minimum absolute atomic E-state index is 0.137. The van der Waals surface area contributed by atoms with Gasteiger partial charge in [0.15, 0.2) is 5.96 Å². The first-order valence-electron chi connectivity index (χ1n) is 12.3. The number of hydrogen-bond acceptors (Lipinski definition) is 3. The molecule has 0 aliphatic heterocycles. The van der Waals surface area contributed by atoms with Crippen LogP contribution < -0.4 is 16.8 Å². The number of hydrogen-bond donors (Lipinski definition) is 4. The van der Waals surface area contributed by atoms with Gasteiger partial charge in [0, 0.05) is 6.54 Å². The van der Waals surface area contributed by atoms with Gasteiger partial charge in [0.1, 0.15) is 6.04 Å². The van der Waals surface area contributed by atoms with Crippen molar-refractivity contribution in [3.05, 3.63) is 108 Å². The van der Waals surface area contributed by atoms with Gasteiger partial charge in [-0.3, -0.25) is 15.0 Å². The van der Waals surface area contributed by atoms with Crippen LogP contribution in [-0.2, 0) is 9.59 Å². The molecule has 3 aromatic carbocycles. The van der Waals surface area contributed by atoms with Crippen LogP contribution in [0.5, 0.6) is 0 Å². The zero-order valence-electron chi connectivity index (χ0n) is 20.6. The van der Waals surface area contributed by atoms with E-state index in [1.165, 1.54) is 0 Å². The van der Waals surface area contributed by atoms with Crippen molar-refractivity contribution < 1.29 is 9.59 Å². The molecule has 6 N–H and O–H groups in total. The van der Waals surface area contributed by atoms with Crippen LogP contribution in [0.4, 0.5) is 0 Å². The van der Waals surface area contributed by atoms with Crippen molar-refractivity contribution >= 4 is 17.8 Å². The minimum Gasteiger partial charge on any atom is -0.370 e. The first-order chi connectivity index (χ1) is 17.4. The van der Waals surface area contributed by atoms with E-state index in [0.717, 1.165) is 16.7 Å². The van der Waals surface area contributed by atoms with Crippen molar-refractivity contribution in [1.82, 2.24) is 10.2 Å². The summed E-state index contributed by atoms with van der Waals surface area (Å²) in [7, 11) is 0. The Kier molecular flexibility index (Phi) is 9.63. The van der Waals surface area contributed by atoms with Crippen molar-refractivity contribution in [3.8, 4) is 0 Å². The number of amides is 2. The summed E-state index contributed by atoms with van der Waals surface area (Å²) in [5, 5.41) is 10.1. The summed E-state index contributed by atoms with van der Waals surface area (Å²) in [6.07, 6.45) is 1.48. The Balaban J connectivity index is 2.09. The molecule has 0 unspecified atom stereocenters. The number of primary amides is 1. The van der Waals surface area contributed by atoms with Crippen LogP contribution in [0.3, 0.4) is 0 Å². The molecule has 3 aromatic rings. The van der Waals surface area contributed by atoms with Crippen LogP contribution in [0.25, 0.3) is 0 Å². The van der Waals surface area contributed by atoms with Crippen LogP contribution in [0.2, 0.25) is 0 Å². The zero-order valence-corrected chi connectivity index (χ0v) is 20.6. The molecule has 0 saturated heterocycles. The summed E-state index contributed by atoms with van der Waals surface area (Å²) < 4.78 is 0. The van der Waals surface area contributed by atoms with Gasteiger partial charge in [-0.05, 0) is 36.0 Å². The van der Waals surface area contributed by atoms with Gasteiger partial charge in [0.25, 0.3) is 0 Å². The Morgan fingerprint density at radius 3 is 1.72 bits per heavy atom. The number of rotatable bonds is 12. The summed E-state index contributed by atoms with van der Waals surface area (Å²) in [4.78, 5) is 29.1. The Morgan fingerprint density at radius 1 is 0.833 bits per heavy atom. The highest BCUT2D eigenvalue weighted by atomic mass is 16.2. The van der Waals surface area contributed by atoms with Crippen molar-refractivity contribution in [2.45, 2.75) is 44.2 Å². The number of benzene rings is 3. The average Bonchev–Trinajstić information content (AvgIpc) is 2.89. The molecule has 0 aliphatic carbocycles. The molecule has 2 atom stereocenters. The third-order valence-electron chi connectivity index (χ3n) is 6.31. The topological polar surface area (TPSA) is 125 Å². The normalized spacial score (nSPS) is 12.5. The SMILES string of the molecule is CC[C@H](c1ccccc1)N(C(=O)C(c1ccccc1)c1ccccc1)[C@H](CCCNC(=N)N)C(N)=O. The minimum atomic E-state index is -0.827. The molecule has 0 spiro atoms. The Morgan fingerprint density at radius 2 is 1.31 bits per heavy atom. The van der Waals surface area contributed by atoms with Gasteiger partial charge < -0.3 is 21.7 Å². The Hall–Kier alpha value is -4.13. The summed E-state index contributed by atoms with van der Waals surface area (Å²) in [5.74, 6) is -1.46. The molecular formula is C29H35N5O2. The molecule has 3 rings (SSSR count). The third-order valence-corrected chi connectivity index (χ3v) is 6.31. The fraction of sp³-hybridized carbons (Fsp3) is 0.276. The number of guanidine groups is 1. The molecule has 188 valence electrons. The van der Waals surface area contributed by atoms with E-state index in [2.05, 4.69) is 5.32 Å². The Labute approximate surface area is 213 Å². The molecule has 7 heteroatoms. The maximum atomic E-state index is 14.6. The predicted octanol–water partition coefficient (Wildman–Crippen LogP) is 3.92. The average molecular weight is 486 g/mol. The van der Waals surface area contributed by atoms with Gasteiger partial charge >= 0.3 is 0 Å². The largest absolute Gasteiger partial charge is 0.370 e. The molecule has 36 heavy (non-hydrogen) atoms. The zero-order chi connectivity index (χ0) is 25.9. The standard InChI is InChI=1S/C29H35N5O2/c1-2-24(21-13-6-3-7-14-21)34(25(27(30)35)19-12-20-33-29(31)32)28(36)26(22-15-8-4-9-16-22)23-17-10-5-11-18-23/h3-11,13-18,24-26H,2,12,19-20H2,1H3,(H2,30,35)(H4,31,32,33)/t24-,25-/m1/s1. The molecule has 0 fully saturated rings. The summed E-state index contributed by atoms with van der Waals surface area (Å²) in [6, 6.07) is 27.8. The second kappa shape index (κ2) is 13.1. The van der Waals surface area contributed by atoms with E-state index in [4.69, 9.17) is 16.9 Å². The van der Waals surface area contributed by atoms with Gasteiger partial charge in [-0.2, -0.15) is 0 Å². The molecule has 0 bridgehead atoms. The predicted molar refractivity (Wildman–Crippen MR) is 143 cm³/mol. The molecule has 2 amide bonds. The van der Waals surface area contributed by atoms with E-state index < -0.39 is 17.9 Å². The first-order valence-corrected chi connectivity index (χ1v) is 12.3. The molecule has 0 saturated carbocycles. The summed E-state index contributed by atoms with van der Waals surface area (Å²) in [6.45, 7) is 2.41. The van der Waals surface area contributed by atoms with Crippen molar-refractivity contribution in [3.63, 3.8) is 0 Å². The number of nitrogens with zero attached hydrogens (tertiary/aromatic N) is 1. The quantitative estimate of drug-likeness (QED) is 0.176. The van der Waals surface area contributed by atoms with Gasteiger partial charge in [0.05, 0.1) is 12.0 Å². The highest BCUT2D eigenvalue weighted by molar-refractivity contribution is 5.92. The van der Waals surface area contributed by atoms with Crippen molar-refractivity contribution in [2.75, 3.05) is 6.54 Å². The number of carbonyl (C=O) groups excluding carboxylic acids is 2. The van der Waals surface area contributed by atoms with E-state index in [9.17, 15) is 9.59 Å². The van der Waals surface area contributed by atoms with E-state index in [0.29, 0.717) is 25.8 Å².